The number of nitrogens with zero attached hydrogens (tertiary/aromatic N) is 1. The molecule has 0 saturated heterocycles. The maximum atomic E-state index is 11.3. The van der Waals surface area contributed by atoms with E-state index >= 15 is 0 Å². The van der Waals surface area contributed by atoms with Crippen LogP contribution in [-0.2, 0) is 6.42 Å². The standard InChI is InChI=1S/C16H15N3O/c20-16-7-5-12-4-6-14(11-15(12)19-16)18-10-8-13-3-1-2-9-17-13/h1-7,9,11,18H,8,10H2,(H,19,20). The van der Waals surface area contributed by atoms with E-state index in [0.717, 1.165) is 35.2 Å². The fraction of sp³-hybridized carbons (Fsp3) is 0.125. The Hall–Kier alpha value is -2.62. The summed E-state index contributed by atoms with van der Waals surface area (Å²) in [5.41, 5.74) is 2.83. The molecule has 0 fully saturated rings. The third-order valence-corrected chi connectivity index (χ3v) is 3.16. The molecule has 4 heteroatoms. The van der Waals surface area contributed by atoms with E-state index in [1.54, 1.807) is 6.20 Å². The maximum Gasteiger partial charge on any atom is 0.248 e. The van der Waals surface area contributed by atoms with Crippen molar-refractivity contribution in [3.63, 3.8) is 0 Å². The Bertz CT molecular complexity index is 765. The van der Waals surface area contributed by atoms with Crippen LogP contribution in [-0.4, -0.2) is 16.5 Å². The molecule has 3 aromatic rings. The molecule has 20 heavy (non-hydrogen) atoms. The van der Waals surface area contributed by atoms with Gasteiger partial charge >= 0.3 is 0 Å². The predicted octanol–water partition coefficient (Wildman–Crippen LogP) is 2.58. The number of hydrogen-bond acceptors (Lipinski definition) is 3. The molecule has 100 valence electrons. The lowest BCUT2D eigenvalue weighted by atomic mass is 10.2. The van der Waals surface area contributed by atoms with Crippen molar-refractivity contribution in [2.24, 2.45) is 0 Å². The van der Waals surface area contributed by atoms with Crippen LogP contribution in [0.1, 0.15) is 5.69 Å². The Balaban J connectivity index is 1.70. The van der Waals surface area contributed by atoms with E-state index < -0.39 is 0 Å². The van der Waals surface area contributed by atoms with Crippen LogP contribution in [0.4, 0.5) is 5.69 Å². The van der Waals surface area contributed by atoms with Crippen LogP contribution in [0, 0.1) is 0 Å². The summed E-state index contributed by atoms with van der Waals surface area (Å²) in [5.74, 6) is 0. The summed E-state index contributed by atoms with van der Waals surface area (Å²) in [7, 11) is 0. The fourth-order valence-electron chi connectivity index (χ4n) is 2.14. The first kappa shape index (κ1) is 12.4. The minimum Gasteiger partial charge on any atom is -0.385 e. The molecule has 0 unspecified atom stereocenters. The molecule has 0 saturated carbocycles. The normalized spacial score (nSPS) is 10.6. The van der Waals surface area contributed by atoms with Gasteiger partial charge in [0.05, 0.1) is 5.52 Å². The van der Waals surface area contributed by atoms with E-state index in [1.165, 1.54) is 6.07 Å². The van der Waals surface area contributed by atoms with Crippen molar-refractivity contribution in [3.05, 3.63) is 70.8 Å². The number of benzene rings is 1. The monoisotopic (exact) mass is 265 g/mol. The van der Waals surface area contributed by atoms with Crippen LogP contribution in [0.3, 0.4) is 0 Å². The van der Waals surface area contributed by atoms with Crippen molar-refractivity contribution < 1.29 is 0 Å². The van der Waals surface area contributed by atoms with E-state index in [2.05, 4.69) is 15.3 Å². The van der Waals surface area contributed by atoms with Gasteiger partial charge in [-0.05, 0) is 35.7 Å². The van der Waals surface area contributed by atoms with Crippen molar-refractivity contribution >= 4 is 16.6 Å². The van der Waals surface area contributed by atoms with Gasteiger partial charge in [-0.1, -0.05) is 12.1 Å². The van der Waals surface area contributed by atoms with Gasteiger partial charge in [-0.2, -0.15) is 0 Å². The summed E-state index contributed by atoms with van der Waals surface area (Å²) in [6.45, 7) is 0.805. The highest BCUT2D eigenvalue weighted by molar-refractivity contribution is 5.81. The van der Waals surface area contributed by atoms with Gasteiger partial charge in [0.15, 0.2) is 0 Å². The summed E-state index contributed by atoms with van der Waals surface area (Å²) in [6.07, 6.45) is 2.67. The highest BCUT2D eigenvalue weighted by Gasteiger charge is 1.98. The first-order valence-electron chi connectivity index (χ1n) is 6.58. The third-order valence-electron chi connectivity index (χ3n) is 3.16. The number of aromatic amines is 1. The number of rotatable bonds is 4. The molecule has 0 aliphatic heterocycles. The lowest BCUT2D eigenvalue weighted by molar-refractivity contribution is 0.962. The largest absolute Gasteiger partial charge is 0.385 e. The van der Waals surface area contributed by atoms with Gasteiger partial charge in [0, 0.05) is 36.6 Å². The molecule has 0 spiro atoms. The average Bonchev–Trinajstić information content (AvgIpc) is 2.48. The number of aromatic nitrogens is 2. The second kappa shape index (κ2) is 5.57. The number of pyridine rings is 2. The summed E-state index contributed by atoms with van der Waals surface area (Å²) < 4.78 is 0. The molecule has 1 aromatic carbocycles. The zero-order valence-electron chi connectivity index (χ0n) is 11.0. The molecular formula is C16H15N3O. The molecule has 0 bridgehead atoms. The van der Waals surface area contributed by atoms with Crippen molar-refractivity contribution in [2.45, 2.75) is 6.42 Å². The van der Waals surface area contributed by atoms with Crippen LogP contribution < -0.4 is 10.9 Å². The van der Waals surface area contributed by atoms with E-state index in [1.807, 2.05) is 42.5 Å². The van der Waals surface area contributed by atoms with E-state index in [0.29, 0.717) is 0 Å². The number of hydrogen-bond donors (Lipinski definition) is 2. The molecule has 4 nitrogen and oxygen atoms in total. The Morgan fingerprint density at radius 2 is 2.00 bits per heavy atom. The molecular weight excluding hydrogens is 250 g/mol. The second-order valence-corrected chi connectivity index (χ2v) is 4.62. The minimum atomic E-state index is -0.0804. The van der Waals surface area contributed by atoms with Gasteiger partial charge in [-0.25, -0.2) is 0 Å². The van der Waals surface area contributed by atoms with Gasteiger partial charge in [0.1, 0.15) is 0 Å². The Morgan fingerprint density at radius 1 is 1.10 bits per heavy atom. The first-order valence-corrected chi connectivity index (χ1v) is 6.58. The number of anilines is 1. The SMILES string of the molecule is O=c1ccc2ccc(NCCc3ccccn3)cc2[nH]1. The molecule has 0 amide bonds. The highest BCUT2D eigenvalue weighted by Crippen LogP contribution is 2.15. The molecule has 2 aromatic heterocycles. The lowest BCUT2D eigenvalue weighted by Crippen LogP contribution is -2.06. The number of H-pyrrole nitrogens is 1. The fourth-order valence-corrected chi connectivity index (χ4v) is 2.14. The van der Waals surface area contributed by atoms with Crippen LogP contribution >= 0.6 is 0 Å². The van der Waals surface area contributed by atoms with Gasteiger partial charge in [0.2, 0.25) is 5.56 Å². The topological polar surface area (TPSA) is 57.8 Å². The molecule has 3 rings (SSSR count). The van der Waals surface area contributed by atoms with Crippen LogP contribution in [0.15, 0.2) is 59.5 Å². The predicted molar refractivity (Wildman–Crippen MR) is 81.0 cm³/mol. The first-order chi connectivity index (χ1) is 9.81. The molecule has 0 radical (unpaired) electrons. The Morgan fingerprint density at radius 3 is 2.85 bits per heavy atom. The second-order valence-electron chi connectivity index (χ2n) is 4.62. The number of fused-ring (bicyclic) bond motifs is 1. The maximum absolute atomic E-state index is 11.3. The van der Waals surface area contributed by atoms with Crippen molar-refractivity contribution in [1.29, 1.82) is 0 Å². The smallest absolute Gasteiger partial charge is 0.248 e. The van der Waals surface area contributed by atoms with Gasteiger partial charge in [0.25, 0.3) is 0 Å². The zero-order valence-corrected chi connectivity index (χ0v) is 11.0. The quantitative estimate of drug-likeness (QED) is 0.762. The van der Waals surface area contributed by atoms with Gasteiger partial charge in [-0.3, -0.25) is 9.78 Å². The molecule has 0 aliphatic rings. The summed E-state index contributed by atoms with van der Waals surface area (Å²) in [6, 6.07) is 15.2. The van der Waals surface area contributed by atoms with Crippen molar-refractivity contribution in [2.75, 3.05) is 11.9 Å². The van der Waals surface area contributed by atoms with Crippen LogP contribution in [0.2, 0.25) is 0 Å². The molecule has 0 aliphatic carbocycles. The molecule has 2 heterocycles. The summed E-state index contributed by atoms with van der Waals surface area (Å²) >= 11 is 0. The van der Waals surface area contributed by atoms with Gasteiger partial charge < -0.3 is 10.3 Å². The van der Waals surface area contributed by atoms with E-state index in [-0.39, 0.29) is 5.56 Å². The summed E-state index contributed by atoms with van der Waals surface area (Å²) in [4.78, 5) is 18.4. The van der Waals surface area contributed by atoms with Crippen molar-refractivity contribution in [3.8, 4) is 0 Å². The molecule has 2 N–H and O–H groups in total. The molecule has 0 atom stereocenters. The summed E-state index contributed by atoms with van der Waals surface area (Å²) in [5, 5.41) is 4.37. The van der Waals surface area contributed by atoms with Crippen molar-refractivity contribution in [1.82, 2.24) is 9.97 Å². The average molecular weight is 265 g/mol. The third kappa shape index (κ3) is 2.85. The van der Waals surface area contributed by atoms with E-state index in [9.17, 15) is 4.79 Å². The van der Waals surface area contributed by atoms with Crippen LogP contribution in [0.5, 0.6) is 0 Å². The number of nitrogens with one attached hydrogen (secondary N) is 2. The zero-order chi connectivity index (χ0) is 13.8. The van der Waals surface area contributed by atoms with E-state index in [4.69, 9.17) is 0 Å². The lowest BCUT2D eigenvalue weighted by Gasteiger charge is -2.07. The van der Waals surface area contributed by atoms with Gasteiger partial charge in [-0.15, -0.1) is 0 Å². The Labute approximate surface area is 116 Å². The highest BCUT2D eigenvalue weighted by atomic mass is 16.1. The van der Waals surface area contributed by atoms with Crippen LogP contribution in [0.25, 0.3) is 10.9 Å². The minimum absolute atomic E-state index is 0.0804. The Kier molecular flexibility index (Phi) is 3.46.